The largest absolute Gasteiger partial charge is 0.415 e. The fourth-order valence-corrected chi connectivity index (χ4v) is 5.88. The monoisotopic (exact) mass is 522 g/mol. The highest BCUT2D eigenvalue weighted by Gasteiger charge is 2.29. The minimum atomic E-state index is -3.63. The van der Waals surface area contributed by atoms with E-state index in [1.165, 1.54) is 12.1 Å². The Balaban J connectivity index is 1.42. The first-order chi connectivity index (χ1) is 17.3. The van der Waals surface area contributed by atoms with Crippen molar-refractivity contribution in [1.82, 2.24) is 15.5 Å². The summed E-state index contributed by atoms with van der Waals surface area (Å²) >= 11 is 0. The lowest BCUT2D eigenvalue weighted by molar-refractivity contribution is 0.00840. The van der Waals surface area contributed by atoms with E-state index in [1.807, 2.05) is 12.1 Å². The van der Waals surface area contributed by atoms with Gasteiger partial charge in [0, 0.05) is 17.9 Å². The van der Waals surface area contributed by atoms with Gasteiger partial charge in [0.05, 0.1) is 24.2 Å². The van der Waals surface area contributed by atoms with Gasteiger partial charge in [0.2, 0.25) is 15.9 Å². The first-order valence-electron chi connectivity index (χ1n) is 11.6. The molecule has 0 amide bonds. The lowest BCUT2D eigenvalue weighted by Crippen LogP contribution is -2.38. The zero-order chi connectivity index (χ0) is 25.3. The van der Waals surface area contributed by atoms with Crippen LogP contribution in [0.2, 0.25) is 0 Å². The molecule has 12 heteroatoms. The third kappa shape index (κ3) is 5.25. The summed E-state index contributed by atoms with van der Waals surface area (Å²) in [6, 6.07) is 9.61. The van der Waals surface area contributed by atoms with Gasteiger partial charge in [-0.05, 0) is 60.8 Å². The number of sulfonamides is 1. The van der Waals surface area contributed by atoms with E-state index in [1.54, 1.807) is 6.07 Å². The molecule has 2 saturated heterocycles. The maximum absolute atomic E-state index is 15.1. The zero-order valence-electron chi connectivity index (χ0n) is 19.2. The second-order valence-corrected chi connectivity index (χ2v) is 10.9. The molecule has 192 valence electrons. The molecule has 3 aromatic rings. The molecule has 5 rings (SSSR count). The van der Waals surface area contributed by atoms with E-state index in [0.29, 0.717) is 56.0 Å². The molecule has 1 aromatic heterocycles. The molecular weight excluding hydrogens is 497 g/mol. The third-order valence-electron chi connectivity index (χ3n) is 6.52. The van der Waals surface area contributed by atoms with Crippen molar-refractivity contribution in [2.24, 2.45) is 0 Å². The standard InChI is InChI=1S/C24H25F3N4O4S/c25-20-11-16(23-29-30-24(35-23)22(26)27)2-1-15(20)10-17-9-14(18-12-34-13-18)3-4-21(17)31-36(32,33)19-5-7-28-8-6-19/h1-4,9,11,18-19,22,28,31H,5-8,10,12-13H2. The van der Waals surface area contributed by atoms with Crippen molar-refractivity contribution in [3.8, 4) is 11.5 Å². The van der Waals surface area contributed by atoms with Crippen LogP contribution in [0, 0.1) is 5.82 Å². The highest BCUT2D eigenvalue weighted by molar-refractivity contribution is 7.93. The Labute approximate surface area is 206 Å². The van der Waals surface area contributed by atoms with E-state index in [0.717, 1.165) is 11.6 Å². The molecule has 36 heavy (non-hydrogen) atoms. The average molecular weight is 523 g/mol. The molecule has 2 aliphatic heterocycles. The number of nitrogens with one attached hydrogen (secondary N) is 2. The molecule has 2 N–H and O–H groups in total. The Morgan fingerprint density at radius 1 is 1.06 bits per heavy atom. The highest BCUT2D eigenvalue weighted by Crippen LogP contribution is 2.32. The van der Waals surface area contributed by atoms with Crippen LogP contribution in [0.4, 0.5) is 18.9 Å². The van der Waals surface area contributed by atoms with Gasteiger partial charge < -0.3 is 14.5 Å². The predicted molar refractivity (Wildman–Crippen MR) is 126 cm³/mol. The Kier molecular flexibility index (Phi) is 7.00. The topological polar surface area (TPSA) is 106 Å². The van der Waals surface area contributed by atoms with Gasteiger partial charge in [-0.2, -0.15) is 8.78 Å². The van der Waals surface area contributed by atoms with Crippen molar-refractivity contribution in [2.45, 2.75) is 36.9 Å². The molecule has 0 radical (unpaired) electrons. The zero-order valence-corrected chi connectivity index (χ0v) is 20.0. The van der Waals surface area contributed by atoms with Gasteiger partial charge in [0.1, 0.15) is 5.82 Å². The molecule has 2 aliphatic rings. The predicted octanol–water partition coefficient (Wildman–Crippen LogP) is 4.01. The first kappa shape index (κ1) is 24.7. The quantitative estimate of drug-likeness (QED) is 0.460. The number of hydrogen-bond donors (Lipinski definition) is 2. The van der Waals surface area contributed by atoms with Crippen LogP contribution >= 0.6 is 0 Å². The Hall–Kier alpha value is -2.96. The number of aromatic nitrogens is 2. The van der Waals surface area contributed by atoms with Gasteiger partial charge in [0.15, 0.2) is 0 Å². The smallest absolute Gasteiger partial charge is 0.314 e. The summed E-state index contributed by atoms with van der Waals surface area (Å²) in [5.74, 6) is -1.45. The summed E-state index contributed by atoms with van der Waals surface area (Å²) in [4.78, 5) is 0. The number of anilines is 1. The highest BCUT2D eigenvalue weighted by atomic mass is 32.2. The van der Waals surface area contributed by atoms with Gasteiger partial charge in [-0.25, -0.2) is 12.8 Å². The fraction of sp³-hybridized carbons (Fsp3) is 0.417. The molecule has 3 heterocycles. The van der Waals surface area contributed by atoms with Crippen molar-refractivity contribution in [1.29, 1.82) is 0 Å². The van der Waals surface area contributed by atoms with E-state index in [-0.39, 0.29) is 23.8 Å². The fourth-order valence-electron chi connectivity index (χ4n) is 4.35. The van der Waals surface area contributed by atoms with Crippen LogP contribution in [0.1, 0.15) is 47.8 Å². The first-order valence-corrected chi connectivity index (χ1v) is 13.2. The maximum Gasteiger partial charge on any atom is 0.314 e. The Morgan fingerprint density at radius 3 is 2.47 bits per heavy atom. The summed E-state index contributed by atoms with van der Waals surface area (Å²) in [6.07, 6.45) is -1.78. The lowest BCUT2D eigenvalue weighted by atomic mass is 9.93. The third-order valence-corrected chi connectivity index (χ3v) is 8.38. The van der Waals surface area contributed by atoms with Crippen molar-refractivity contribution in [2.75, 3.05) is 31.0 Å². The number of piperidine rings is 1. The molecule has 0 saturated carbocycles. The van der Waals surface area contributed by atoms with Gasteiger partial charge in [-0.1, -0.05) is 18.2 Å². The number of benzene rings is 2. The van der Waals surface area contributed by atoms with E-state index in [4.69, 9.17) is 9.15 Å². The minimum absolute atomic E-state index is 0.115. The molecule has 8 nitrogen and oxygen atoms in total. The summed E-state index contributed by atoms with van der Waals surface area (Å²) < 4.78 is 79.6. The molecule has 0 unspecified atom stereocenters. The van der Waals surface area contributed by atoms with Crippen LogP contribution in [0.25, 0.3) is 11.5 Å². The van der Waals surface area contributed by atoms with Crippen molar-refractivity contribution in [3.05, 3.63) is 64.8 Å². The SMILES string of the molecule is O=S(=O)(Nc1ccc(C2COC2)cc1Cc1ccc(-c2nnc(C(F)F)o2)cc1F)C1CCNCC1. The molecule has 2 aromatic carbocycles. The van der Waals surface area contributed by atoms with Crippen LogP contribution in [-0.2, 0) is 21.2 Å². The van der Waals surface area contributed by atoms with Crippen LogP contribution < -0.4 is 10.0 Å². The van der Waals surface area contributed by atoms with Crippen molar-refractivity contribution < 1.29 is 30.7 Å². The van der Waals surface area contributed by atoms with Gasteiger partial charge in [-0.15, -0.1) is 10.2 Å². The molecule has 2 fully saturated rings. The second kappa shape index (κ2) is 10.2. The number of rotatable bonds is 8. The number of hydrogen-bond acceptors (Lipinski definition) is 7. The van der Waals surface area contributed by atoms with Crippen LogP contribution in [0.5, 0.6) is 0 Å². The molecule has 0 aliphatic carbocycles. The van der Waals surface area contributed by atoms with Crippen molar-refractivity contribution in [3.63, 3.8) is 0 Å². The Morgan fingerprint density at radius 2 is 1.83 bits per heavy atom. The summed E-state index contributed by atoms with van der Waals surface area (Å²) in [5, 5.41) is 9.47. The van der Waals surface area contributed by atoms with Crippen molar-refractivity contribution >= 4 is 15.7 Å². The van der Waals surface area contributed by atoms with Gasteiger partial charge >= 0.3 is 6.43 Å². The van der Waals surface area contributed by atoms with Crippen LogP contribution in [-0.4, -0.2) is 50.2 Å². The molecule has 0 bridgehead atoms. The summed E-state index contributed by atoms with van der Waals surface area (Å²) in [7, 11) is -3.63. The minimum Gasteiger partial charge on any atom is -0.415 e. The van der Waals surface area contributed by atoms with Crippen LogP contribution in [0.15, 0.2) is 40.8 Å². The normalized spacial score (nSPS) is 17.3. The lowest BCUT2D eigenvalue weighted by Gasteiger charge is -2.28. The Bertz CT molecular complexity index is 1340. The van der Waals surface area contributed by atoms with Gasteiger partial charge in [0.25, 0.3) is 5.89 Å². The number of ether oxygens (including phenoxy) is 1. The number of halogens is 3. The molecule has 0 spiro atoms. The summed E-state index contributed by atoms with van der Waals surface area (Å²) in [5.41, 5.74) is 2.49. The number of alkyl halides is 2. The van der Waals surface area contributed by atoms with Crippen LogP contribution in [0.3, 0.4) is 0 Å². The van der Waals surface area contributed by atoms with Gasteiger partial charge in [-0.3, -0.25) is 4.72 Å². The van der Waals surface area contributed by atoms with E-state index < -0.39 is 33.4 Å². The summed E-state index contributed by atoms with van der Waals surface area (Å²) in [6.45, 7) is 2.42. The molecule has 0 atom stereocenters. The van der Waals surface area contributed by atoms with E-state index >= 15 is 4.39 Å². The number of nitrogens with zero attached hydrogens (tertiary/aromatic N) is 2. The van der Waals surface area contributed by atoms with E-state index in [9.17, 15) is 17.2 Å². The maximum atomic E-state index is 15.1. The average Bonchev–Trinajstić information content (AvgIpc) is 3.32. The second-order valence-electron chi connectivity index (χ2n) is 8.98. The van der Waals surface area contributed by atoms with E-state index in [2.05, 4.69) is 20.2 Å². The molecular formula is C24H25F3N4O4S.